The Morgan fingerprint density at radius 2 is 2.15 bits per heavy atom. The molecule has 0 aromatic heterocycles. The number of carbonyl (C=O) groups is 1. The fourth-order valence-electron chi connectivity index (χ4n) is 2.25. The van der Waals surface area contributed by atoms with Crippen LogP contribution in [0.5, 0.6) is 0 Å². The molecule has 0 aliphatic carbocycles. The van der Waals surface area contributed by atoms with Gasteiger partial charge in [0.25, 0.3) is 0 Å². The summed E-state index contributed by atoms with van der Waals surface area (Å²) in [6.45, 7) is 1.23. The third-order valence-corrected chi connectivity index (χ3v) is 3.50. The maximum Gasteiger partial charge on any atom is 0.232 e. The van der Waals surface area contributed by atoms with Crippen LogP contribution in [0.2, 0.25) is 0 Å². The molecule has 1 aliphatic heterocycles. The van der Waals surface area contributed by atoms with Gasteiger partial charge in [0.15, 0.2) is 5.84 Å². The molecule has 20 heavy (non-hydrogen) atoms. The third-order valence-electron chi connectivity index (χ3n) is 3.50. The first kappa shape index (κ1) is 14.3. The molecule has 1 aromatic rings. The van der Waals surface area contributed by atoms with Gasteiger partial charge in [-0.05, 0) is 37.1 Å². The van der Waals surface area contributed by atoms with Crippen LogP contribution in [0.15, 0.2) is 29.4 Å². The molecule has 2 rings (SSSR count). The van der Waals surface area contributed by atoms with Gasteiger partial charge in [-0.15, -0.1) is 0 Å². The highest BCUT2D eigenvalue weighted by Gasteiger charge is 2.25. The second-order valence-electron chi connectivity index (χ2n) is 4.84. The monoisotopic (exact) mass is 277 g/mol. The summed E-state index contributed by atoms with van der Waals surface area (Å²) in [5, 5.41) is 11.5. The van der Waals surface area contributed by atoms with E-state index in [2.05, 4.69) is 5.16 Å². The van der Waals surface area contributed by atoms with Crippen LogP contribution in [0.4, 0.5) is 5.69 Å². The fraction of sp³-hybridized carbons (Fsp3) is 0.429. The number of nitrogens with zero attached hydrogens (tertiary/aromatic N) is 2. The normalized spacial score (nSPS) is 19.6. The molecule has 1 aromatic carbocycles. The van der Waals surface area contributed by atoms with E-state index in [1.165, 1.54) is 0 Å². The SMILES string of the molecule is CN(C(=O)C1CCCOC1)c1ccc(C(N)=NO)cc1. The van der Waals surface area contributed by atoms with E-state index in [1.807, 2.05) is 0 Å². The largest absolute Gasteiger partial charge is 0.409 e. The third kappa shape index (κ3) is 3.08. The number of rotatable bonds is 3. The van der Waals surface area contributed by atoms with E-state index >= 15 is 0 Å². The lowest BCUT2D eigenvalue weighted by atomic mass is 10.0. The zero-order valence-electron chi connectivity index (χ0n) is 11.5. The maximum atomic E-state index is 12.3. The molecule has 1 heterocycles. The minimum Gasteiger partial charge on any atom is -0.409 e. The van der Waals surface area contributed by atoms with Crippen molar-refractivity contribution < 1.29 is 14.7 Å². The Morgan fingerprint density at radius 1 is 1.45 bits per heavy atom. The van der Waals surface area contributed by atoms with Gasteiger partial charge in [0.2, 0.25) is 5.91 Å². The van der Waals surface area contributed by atoms with Gasteiger partial charge in [-0.25, -0.2) is 0 Å². The molecule has 1 aliphatic rings. The van der Waals surface area contributed by atoms with Crippen LogP contribution >= 0.6 is 0 Å². The van der Waals surface area contributed by atoms with Crippen molar-refractivity contribution in [3.05, 3.63) is 29.8 Å². The molecule has 1 atom stereocenters. The molecule has 1 unspecified atom stereocenters. The van der Waals surface area contributed by atoms with Crippen molar-refractivity contribution in [3.63, 3.8) is 0 Å². The molecule has 0 spiro atoms. The topological polar surface area (TPSA) is 88.2 Å². The summed E-state index contributed by atoms with van der Waals surface area (Å²) in [7, 11) is 1.75. The molecule has 0 saturated carbocycles. The second kappa shape index (κ2) is 6.38. The van der Waals surface area contributed by atoms with Crippen molar-refractivity contribution in [2.24, 2.45) is 16.8 Å². The van der Waals surface area contributed by atoms with E-state index < -0.39 is 0 Å². The van der Waals surface area contributed by atoms with Crippen LogP contribution in [0.25, 0.3) is 0 Å². The number of amides is 1. The van der Waals surface area contributed by atoms with E-state index in [0.29, 0.717) is 12.2 Å². The van der Waals surface area contributed by atoms with Crippen molar-refractivity contribution in [3.8, 4) is 0 Å². The summed E-state index contributed by atoms with van der Waals surface area (Å²) in [4.78, 5) is 14.0. The van der Waals surface area contributed by atoms with E-state index in [9.17, 15) is 4.79 Å². The number of carbonyl (C=O) groups excluding carboxylic acids is 1. The molecule has 1 fully saturated rings. The molecular weight excluding hydrogens is 258 g/mol. The van der Waals surface area contributed by atoms with E-state index in [-0.39, 0.29) is 17.7 Å². The minimum atomic E-state index is -0.0718. The van der Waals surface area contributed by atoms with Crippen molar-refractivity contribution in [1.29, 1.82) is 0 Å². The molecule has 0 radical (unpaired) electrons. The van der Waals surface area contributed by atoms with Gasteiger partial charge in [0.1, 0.15) is 0 Å². The average molecular weight is 277 g/mol. The fourth-order valence-corrected chi connectivity index (χ4v) is 2.25. The number of amidine groups is 1. The summed E-state index contributed by atoms with van der Waals surface area (Å²) < 4.78 is 5.35. The molecule has 1 saturated heterocycles. The van der Waals surface area contributed by atoms with E-state index in [0.717, 1.165) is 25.1 Å². The van der Waals surface area contributed by atoms with Crippen LogP contribution in [-0.4, -0.2) is 37.2 Å². The molecule has 3 N–H and O–H groups in total. The first-order valence-corrected chi connectivity index (χ1v) is 6.56. The number of ether oxygens (including phenoxy) is 1. The molecule has 1 amide bonds. The van der Waals surface area contributed by atoms with E-state index in [1.54, 1.807) is 36.2 Å². The second-order valence-corrected chi connectivity index (χ2v) is 4.84. The standard InChI is InChI=1S/C14H19N3O3/c1-17(14(18)11-3-2-8-20-9-11)12-6-4-10(5-7-12)13(15)16-19/h4-7,11,19H,2-3,8-9H2,1H3,(H2,15,16). The molecule has 0 bridgehead atoms. The highest BCUT2D eigenvalue weighted by molar-refractivity contribution is 5.98. The number of hydrogen-bond acceptors (Lipinski definition) is 4. The van der Waals surface area contributed by atoms with Gasteiger partial charge >= 0.3 is 0 Å². The first-order chi connectivity index (χ1) is 9.63. The van der Waals surface area contributed by atoms with Crippen molar-refractivity contribution in [2.45, 2.75) is 12.8 Å². The van der Waals surface area contributed by atoms with E-state index in [4.69, 9.17) is 15.7 Å². The summed E-state index contributed by atoms with van der Waals surface area (Å²) in [5.41, 5.74) is 6.88. The average Bonchev–Trinajstić information content (AvgIpc) is 2.53. The molecular formula is C14H19N3O3. The van der Waals surface area contributed by atoms with Crippen LogP contribution in [0.1, 0.15) is 18.4 Å². The predicted molar refractivity (Wildman–Crippen MR) is 75.9 cm³/mol. The lowest BCUT2D eigenvalue weighted by Gasteiger charge is -2.26. The zero-order chi connectivity index (χ0) is 14.5. The van der Waals surface area contributed by atoms with Gasteiger partial charge in [0, 0.05) is 24.9 Å². The van der Waals surface area contributed by atoms with Crippen LogP contribution in [0.3, 0.4) is 0 Å². The Bertz CT molecular complexity index is 493. The van der Waals surface area contributed by atoms with Gasteiger partial charge < -0.3 is 20.6 Å². The maximum absolute atomic E-state index is 12.3. The number of oxime groups is 1. The van der Waals surface area contributed by atoms with Gasteiger partial charge in [-0.3, -0.25) is 4.79 Å². The quantitative estimate of drug-likeness (QED) is 0.376. The zero-order valence-corrected chi connectivity index (χ0v) is 11.5. The lowest BCUT2D eigenvalue weighted by Crippen LogP contribution is -2.37. The Labute approximate surface area is 117 Å². The number of anilines is 1. The first-order valence-electron chi connectivity index (χ1n) is 6.56. The lowest BCUT2D eigenvalue weighted by molar-refractivity contribution is -0.125. The molecule has 6 heteroatoms. The van der Waals surface area contributed by atoms with Gasteiger partial charge in [-0.2, -0.15) is 0 Å². The Kier molecular flexibility index (Phi) is 4.57. The van der Waals surface area contributed by atoms with Crippen LogP contribution in [0, 0.1) is 5.92 Å². The number of hydrogen-bond donors (Lipinski definition) is 2. The Morgan fingerprint density at radius 3 is 2.70 bits per heavy atom. The smallest absolute Gasteiger partial charge is 0.232 e. The molecule has 6 nitrogen and oxygen atoms in total. The summed E-state index contributed by atoms with van der Waals surface area (Å²) in [6.07, 6.45) is 1.79. The summed E-state index contributed by atoms with van der Waals surface area (Å²) >= 11 is 0. The van der Waals surface area contributed by atoms with Gasteiger partial charge in [0.05, 0.1) is 12.5 Å². The van der Waals surface area contributed by atoms with Crippen molar-refractivity contribution in [2.75, 3.05) is 25.2 Å². The predicted octanol–water partition coefficient (Wildman–Crippen LogP) is 1.17. The van der Waals surface area contributed by atoms with Gasteiger partial charge in [-0.1, -0.05) is 5.16 Å². The summed E-state index contributed by atoms with van der Waals surface area (Å²) in [5.74, 6) is 0.0324. The highest BCUT2D eigenvalue weighted by atomic mass is 16.5. The van der Waals surface area contributed by atoms with Crippen molar-refractivity contribution >= 4 is 17.4 Å². The van der Waals surface area contributed by atoms with Crippen LogP contribution in [-0.2, 0) is 9.53 Å². The molecule has 108 valence electrons. The number of benzene rings is 1. The minimum absolute atomic E-state index is 0.0474. The Hall–Kier alpha value is -2.08. The Balaban J connectivity index is 2.08. The summed E-state index contributed by atoms with van der Waals surface area (Å²) in [6, 6.07) is 6.97. The van der Waals surface area contributed by atoms with Crippen LogP contribution < -0.4 is 10.6 Å². The van der Waals surface area contributed by atoms with Crippen molar-refractivity contribution in [1.82, 2.24) is 0 Å². The number of nitrogens with two attached hydrogens (primary N) is 1. The highest BCUT2D eigenvalue weighted by Crippen LogP contribution is 2.20.